The standard InChI is InChI=1S/C23H30F3N5O3/c1-13-8-19(30-31(13)5)29-20(32)17-7-6-15(23(24,25)26)11-18(17)28-16-9-14(10-16)12-27-21(33)34-22(2,3)4/h6-8,11,14,16,28H,9-10,12H2,1-5H3,(H,27,33)(H,29,30,32). The molecule has 1 aromatic carbocycles. The van der Waals surface area contributed by atoms with Crippen LogP contribution in [-0.4, -0.2) is 40.0 Å². The molecule has 1 aliphatic carbocycles. The van der Waals surface area contributed by atoms with E-state index >= 15 is 0 Å². The van der Waals surface area contributed by atoms with Crippen molar-refractivity contribution in [2.45, 2.75) is 58.4 Å². The average Bonchev–Trinajstić information content (AvgIpc) is 2.98. The molecule has 0 unspecified atom stereocenters. The Hall–Kier alpha value is -3.24. The van der Waals surface area contributed by atoms with Gasteiger partial charge < -0.3 is 20.7 Å². The van der Waals surface area contributed by atoms with Crippen molar-refractivity contribution in [2.75, 3.05) is 17.2 Å². The van der Waals surface area contributed by atoms with E-state index < -0.39 is 29.3 Å². The quantitative estimate of drug-likeness (QED) is 0.555. The summed E-state index contributed by atoms with van der Waals surface area (Å²) in [7, 11) is 1.72. The van der Waals surface area contributed by atoms with E-state index in [1.54, 1.807) is 38.6 Å². The smallest absolute Gasteiger partial charge is 0.416 e. The first-order valence-electron chi connectivity index (χ1n) is 11.0. The summed E-state index contributed by atoms with van der Waals surface area (Å²) in [6.07, 6.45) is -3.78. The zero-order valence-electron chi connectivity index (χ0n) is 19.8. The maximum Gasteiger partial charge on any atom is 0.416 e. The number of alkyl carbamates (subject to hydrolysis) is 1. The molecular weight excluding hydrogens is 451 g/mol. The molecule has 2 amide bonds. The molecule has 1 fully saturated rings. The van der Waals surface area contributed by atoms with Crippen molar-refractivity contribution < 1.29 is 27.5 Å². The van der Waals surface area contributed by atoms with E-state index in [0.29, 0.717) is 25.2 Å². The fraction of sp³-hybridized carbons (Fsp3) is 0.522. The van der Waals surface area contributed by atoms with Crippen LogP contribution in [0.1, 0.15) is 55.2 Å². The lowest BCUT2D eigenvalue weighted by Gasteiger charge is -2.37. The lowest BCUT2D eigenvalue weighted by atomic mass is 9.80. The van der Waals surface area contributed by atoms with E-state index in [1.807, 2.05) is 6.92 Å². The number of aryl methyl sites for hydroxylation is 2. The highest BCUT2D eigenvalue weighted by atomic mass is 19.4. The molecule has 34 heavy (non-hydrogen) atoms. The number of rotatable bonds is 6. The van der Waals surface area contributed by atoms with E-state index in [-0.39, 0.29) is 23.2 Å². The topological polar surface area (TPSA) is 97.3 Å². The molecule has 11 heteroatoms. The summed E-state index contributed by atoms with van der Waals surface area (Å²) in [5, 5.41) is 12.6. The fourth-order valence-corrected chi connectivity index (χ4v) is 3.63. The van der Waals surface area contributed by atoms with Gasteiger partial charge in [0, 0.05) is 37.1 Å². The molecule has 0 spiro atoms. The van der Waals surface area contributed by atoms with Gasteiger partial charge in [-0.2, -0.15) is 18.3 Å². The number of aromatic nitrogens is 2. The Balaban J connectivity index is 1.65. The Morgan fingerprint density at radius 1 is 1.18 bits per heavy atom. The van der Waals surface area contributed by atoms with Crippen molar-refractivity contribution >= 4 is 23.5 Å². The molecule has 0 aliphatic heterocycles. The van der Waals surface area contributed by atoms with E-state index in [4.69, 9.17) is 4.74 Å². The van der Waals surface area contributed by atoms with Gasteiger partial charge in [0.2, 0.25) is 0 Å². The highest BCUT2D eigenvalue weighted by Gasteiger charge is 2.34. The Kier molecular flexibility index (Phi) is 7.13. The van der Waals surface area contributed by atoms with Gasteiger partial charge in [-0.15, -0.1) is 0 Å². The van der Waals surface area contributed by atoms with Gasteiger partial charge in [-0.05, 0) is 64.7 Å². The minimum Gasteiger partial charge on any atom is -0.444 e. The normalized spacial score (nSPS) is 18.1. The summed E-state index contributed by atoms with van der Waals surface area (Å²) < 4.78 is 46.7. The van der Waals surface area contributed by atoms with Crippen LogP contribution in [-0.2, 0) is 18.0 Å². The highest BCUT2D eigenvalue weighted by Crippen LogP contribution is 2.35. The summed E-state index contributed by atoms with van der Waals surface area (Å²) in [5.41, 5.74) is -0.429. The third-order valence-corrected chi connectivity index (χ3v) is 5.48. The Morgan fingerprint density at radius 3 is 2.41 bits per heavy atom. The van der Waals surface area contributed by atoms with E-state index in [1.165, 1.54) is 0 Å². The Morgan fingerprint density at radius 2 is 1.85 bits per heavy atom. The van der Waals surface area contributed by atoms with Gasteiger partial charge in [0.15, 0.2) is 5.82 Å². The second kappa shape index (κ2) is 9.55. The highest BCUT2D eigenvalue weighted by molar-refractivity contribution is 6.07. The molecule has 0 atom stereocenters. The van der Waals surface area contributed by atoms with Crippen LogP contribution in [0.15, 0.2) is 24.3 Å². The number of benzene rings is 1. The average molecular weight is 482 g/mol. The number of nitrogens with zero attached hydrogens (tertiary/aromatic N) is 2. The van der Waals surface area contributed by atoms with Gasteiger partial charge in [0.25, 0.3) is 5.91 Å². The molecule has 186 valence electrons. The number of carbonyl (C=O) groups is 2. The zero-order valence-corrected chi connectivity index (χ0v) is 19.8. The zero-order chi connectivity index (χ0) is 25.3. The molecule has 3 rings (SSSR count). The first-order valence-corrected chi connectivity index (χ1v) is 11.0. The molecule has 0 saturated heterocycles. The van der Waals surface area contributed by atoms with Crippen LogP contribution in [0.3, 0.4) is 0 Å². The molecule has 1 saturated carbocycles. The van der Waals surface area contributed by atoms with Crippen molar-refractivity contribution in [3.8, 4) is 0 Å². The van der Waals surface area contributed by atoms with Gasteiger partial charge in [0.1, 0.15) is 5.60 Å². The maximum absolute atomic E-state index is 13.3. The number of amides is 2. The van der Waals surface area contributed by atoms with Crippen LogP contribution in [0.25, 0.3) is 0 Å². The van der Waals surface area contributed by atoms with Crippen LogP contribution in [0.5, 0.6) is 0 Å². The first-order chi connectivity index (χ1) is 15.7. The SMILES string of the molecule is Cc1cc(NC(=O)c2ccc(C(F)(F)F)cc2NC2CC(CNC(=O)OC(C)(C)C)C2)nn1C. The fourth-order valence-electron chi connectivity index (χ4n) is 3.63. The number of anilines is 2. The third-order valence-electron chi connectivity index (χ3n) is 5.48. The van der Waals surface area contributed by atoms with Crippen LogP contribution < -0.4 is 16.0 Å². The molecule has 3 N–H and O–H groups in total. The number of halogens is 3. The number of ether oxygens (including phenoxy) is 1. The molecule has 1 heterocycles. The first kappa shape index (κ1) is 25.4. The summed E-state index contributed by atoms with van der Waals surface area (Å²) in [6.45, 7) is 7.54. The summed E-state index contributed by atoms with van der Waals surface area (Å²) in [4.78, 5) is 24.6. The van der Waals surface area contributed by atoms with E-state index in [0.717, 1.165) is 23.9 Å². The lowest BCUT2D eigenvalue weighted by molar-refractivity contribution is -0.137. The van der Waals surface area contributed by atoms with E-state index in [9.17, 15) is 22.8 Å². The van der Waals surface area contributed by atoms with Crippen LogP contribution in [0.2, 0.25) is 0 Å². The molecular formula is C23H30F3N5O3. The third kappa shape index (κ3) is 6.64. The Bertz CT molecular complexity index is 1030. The summed E-state index contributed by atoms with van der Waals surface area (Å²) in [6, 6.07) is 4.54. The van der Waals surface area contributed by atoms with Gasteiger partial charge >= 0.3 is 12.3 Å². The lowest BCUT2D eigenvalue weighted by Crippen LogP contribution is -2.43. The second-order valence-electron chi connectivity index (χ2n) is 9.57. The molecule has 0 radical (unpaired) electrons. The maximum atomic E-state index is 13.3. The Labute approximate surface area is 196 Å². The van der Waals surface area contributed by atoms with Crippen molar-refractivity contribution in [1.29, 1.82) is 0 Å². The van der Waals surface area contributed by atoms with Crippen LogP contribution >= 0.6 is 0 Å². The van der Waals surface area contributed by atoms with Gasteiger partial charge in [-0.25, -0.2) is 4.79 Å². The van der Waals surface area contributed by atoms with Gasteiger partial charge in [-0.3, -0.25) is 9.48 Å². The largest absolute Gasteiger partial charge is 0.444 e. The number of alkyl halides is 3. The van der Waals surface area contributed by atoms with Crippen molar-refractivity contribution in [3.05, 3.63) is 41.1 Å². The van der Waals surface area contributed by atoms with Gasteiger partial charge in [0.05, 0.1) is 11.1 Å². The van der Waals surface area contributed by atoms with E-state index in [2.05, 4.69) is 21.0 Å². The van der Waals surface area contributed by atoms with Gasteiger partial charge in [-0.1, -0.05) is 0 Å². The monoisotopic (exact) mass is 481 g/mol. The number of nitrogens with one attached hydrogen (secondary N) is 3. The predicted octanol–water partition coefficient (Wildman–Crippen LogP) is 4.71. The minimum atomic E-state index is -4.54. The van der Waals surface area contributed by atoms with Crippen LogP contribution in [0.4, 0.5) is 29.5 Å². The van der Waals surface area contributed by atoms with Crippen molar-refractivity contribution in [1.82, 2.24) is 15.1 Å². The second-order valence-corrected chi connectivity index (χ2v) is 9.57. The summed E-state index contributed by atoms with van der Waals surface area (Å²) >= 11 is 0. The summed E-state index contributed by atoms with van der Waals surface area (Å²) in [5.74, 6) is -0.0887. The number of hydrogen-bond acceptors (Lipinski definition) is 5. The van der Waals surface area contributed by atoms with Crippen molar-refractivity contribution in [2.24, 2.45) is 13.0 Å². The molecule has 0 bridgehead atoms. The molecule has 1 aromatic heterocycles. The number of hydrogen-bond donors (Lipinski definition) is 3. The molecule has 8 nitrogen and oxygen atoms in total. The molecule has 1 aliphatic rings. The van der Waals surface area contributed by atoms with Crippen molar-refractivity contribution in [3.63, 3.8) is 0 Å². The molecule has 2 aromatic rings. The predicted molar refractivity (Wildman–Crippen MR) is 122 cm³/mol. The minimum absolute atomic E-state index is 0.0895. The van der Waals surface area contributed by atoms with Crippen LogP contribution in [0, 0.1) is 12.8 Å². The number of carbonyl (C=O) groups excluding carboxylic acids is 2.